The zero-order valence-electron chi connectivity index (χ0n) is 10.8. The van der Waals surface area contributed by atoms with E-state index in [1.807, 2.05) is 6.07 Å². The maximum Gasteiger partial charge on any atom is 0.319 e. The molecule has 0 fully saturated rings. The summed E-state index contributed by atoms with van der Waals surface area (Å²) in [5, 5.41) is 0. The van der Waals surface area contributed by atoms with Crippen LogP contribution in [-0.4, -0.2) is 26.0 Å². The lowest BCUT2D eigenvalue weighted by Crippen LogP contribution is -2.41. The summed E-state index contributed by atoms with van der Waals surface area (Å²) in [5.41, 5.74) is 0.465. The molecule has 4 heteroatoms. The number of fused-ring (bicyclic) bond motifs is 1. The number of rotatable bonds is 2. The molecule has 0 bridgehead atoms. The number of hydrogen-bond donors (Lipinski definition) is 0. The largest absolute Gasteiger partial charge is 0.497 e. The molecule has 0 spiro atoms. The van der Waals surface area contributed by atoms with Crippen LogP contribution in [0.25, 0.3) is 0 Å². The summed E-state index contributed by atoms with van der Waals surface area (Å²) in [6.07, 6.45) is 1.14. The van der Waals surface area contributed by atoms with Crippen molar-refractivity contribution < 1.29 is 19.1 Å². The smallest absolute Gasteiger partial charge is 0.319 e. The first-order valence-corrected chi connectivity index (χ1v) is 5.83. The van der Waals surface area contributed by atoms with E-state index in [9.17, 15) is 9.59 Å². The van der Waals surface area contributed by atoms with Crippen molar-refractivity contribution in [3.8, 4) is 5.75 Å². The SMILES string of the molecule is COC(=O)[C@@]1(C)CCc2cc(OC)ccc2C1=O. The maximum absolute atomic E-state index is 12.4. The van der Waals surface area contributed by atoms with Crippen molar-refractivity contribution in [1.82, 2.24) is 0 Å². The van der Waals surface area contributed by atoms with Crippen molar-refractivity contribution in [3.05, 3.63) is 29.3 Å². The van der Waals surface area contributed by atoms with Gasteiger partial charge < -0.3 is 9.47 Å². The Morgan fingerprint density at radius 2 is 2.06 bits per heavy atom. The Bertz CT molecular complexity index is 507. The van der Waals surface area contributed by atoms with E-state index in [0.29, 0.717) is 18.4 Å². The second-order valence-electron chi connectivity index (χ2n) is 4.68. The number of hydrogen-bond acceptors (Lipinski definition) is 4. The van der Waals surface area contributed by atoms with E-state index in [2.05, 4.69) is 0 Å². The van der Waals surface area contributed by atoms with Crippen molar-refractivity contribution in [3.63, 3.8) is 0 Å². The third kappa shape index (κ3) is 1.78. The molecule has 18 heavy (non-hydrogen) atoms. The molecular weight excluding hydrogens is 232 g/mol. The zero-order chi connectivity index (χ0) is 13.3. The molecule has 4 nitrogen and oxygen atoms in total. The Balaban J connectivity index is 2.43. The van der Waals surface area contributed by atoms with Crippen LogP contribution in [0.3, 0.4) is 0 Å². The number of carbonyl (C=O) groups is 2. The number of Topliss-reactive ketones (excluding diaryl/α,β-unsaturated/α-hetero) is 1. The number of benzene rings is 1. The van der Waals surface area contributed by atoms with Gasteiger partial charge in [0.15, 0.2) is 5.78 Å². The molecule has 1 aliphatic rings. The van der Waals surface area contributed by atoms with Gasteiger partial charge in [-0.3, -0.25) is 9.59 Å². The normalized spacial score (nSPS) is 22.3. The van der Waals surface area contributed by atoms with E-state index >= 15 is 0 Å². The molecule has 1 aromatic rings. The Morgan fingerprint density at radius 1 is 1.33 bits per heavy atom. The van der Waals surface area contributed by atoms with Crippen LogP contribution in [0, 0.1) is 5.41 Å². The van der Waals surface area contributed by atoms with Gasteiger partial charge in [0.25, 0.3) is 0 Å². The van der Waals surface area contributed by atoms with Gasteiger partial charge in [-0.25, -0.2) is 0 Å². The van der Waals surface area contributed by atoms with Crippen LogP contribution in [0.15, 0.2) is 18.2 Å². The number of methoxy groups -OCH3 is 2. The monoisotopic (exact) mass is 248 g/mol. The van der Waals surface area contributed by atoms with Crippen molar-refractivity contribution in [2.75, 3.05) is 14.2 Å². The van der Waals surface area contributed by atoms with Gasteiger partial charge in [-0.15, -0.1) is 0 Å². The highest BCUT2D eigenvalue weighted by Crippen LogP contribution is 2.37. The quantitative estimate of drug-likeness (QED) is 0.593. The van der Waals surface area contributed by atoms with Crippen LogP contribution in [0.4, 0.5) is 0 Å². The van der Waals surface area contributed by atoms with Crippen molar-refractivity contribution >= 4 is 11.8 Å². The lowest BCUT2D eigenvalue weighted by molar-refractivity contribution is -0.149. The molecular formula is C14H16O4. The van der Waals surface area contributed by atoms with Gasteiger partial charge in [0.2, 0.25) is 0 Å². The molecule has 2 rings (SSSR count). The number of carbonyl (C=O) groups excluding carboxylic acids is 2. The van der Waals surface area contributed by atoms with Crippen LogP contribution in [0.2, 0.25) is 0 Å². The first kappa shape index (κ1) is 12.6. The lowest BCUT2D eigenvalue weighted by atomic mass is 9.72. The van der Waals surface area contributed by atoms with E-state index in [1.54, 1.807) is 26.2 Å². The summed E-state index contributed by atoms with van der Waals surface area (Å²) in [5.74, 6) is 0.0930. The topological polar surface area (TPSA) is 52.6 Å². The van der Waals surface area contributed by atoms with Crippen LogP contribution >= 0.6 is 0 Å². The number of esters is 1. The molecule has 0 amide bonds. The van der Waals surface area contributed by atoms with E-state index in [4.69, 9.17) is 9.47 Å². The Morgan fingerprint density at radius 3 is 2.67 bits per heavy atom. The third-order valence-electron chi connectivity index (χ3n) is 3.59. The molecule has 0 saturated heterocycles. The standard InChI is InChI=1S/C14H16O4/c1-14(13(16)18-3)7-6-9-8-10(17-2)4-5-11(9)12(14)15/h4-5,8H,6-7H2,1-3H3/t14-/m0/s1. The summed E-state index contributed by atoms with van der Waals surface area (Å²) in [4.78, 5) is 24.2. The fraction of sp³-hybridized carbons (Fsp3) is 0.429. The van der Waals surface area contributed by atoms with Gasteiger partial charge in [-0.05, 0) is 43.5 Å². The first-order chi connectivity index (χ1) is 8.52. The molecule has 0 aromatic heterocycles. The van der Waals surface area contributed by atoms with Gasteiger partial charge in [0, 0.05) is 5.56 Å². The minimum Gasteiger partial charge on any atom is -0.497 e. The van der Waals surface area contributed by atoms with Gasteiger partial charge in [-0.2, -0.15) is 0 Å². The molecule has 1 aliphatic carbocycles. The van der Waals surface area contributed by atoms with Crippen LogP contribution in [-0.2, 0) is 16.0 Å². The molecule has 0 aliphatic heterocycles. The van der Waals surface area contributed by atoms with Crippen molar-refractivity contribution in [2.45, 2.75) is 19.8 Å². The molecule has 0 N–H and O–H groups in total. The predicted molar refractivity (Wildman–Crippen MR) is 65.8 cm³/mol. The minimum atomic E-state index is -1.06. The summed E-state index contributed by atoms with van der Waals surface area (Å²) < 4.78 is 9.87. The lowest BCUT2D eigenvalue weighted by Gasteiger charge is -2.30. The molecule has 0 heterocycles. The molecule has 0 radical (unpaired) electrons. The van der Waals surface area contributed by atoms with Crippen molar-refractivity contribution in [1.29, 1.82) is 0 Å². The fourth-order valence-corrected chi connectivity index (χ4v) is 2.34. The second kappa shape index (κ2) is 4.44. The summed E-state index contributed by atoms with van der Waals surface area (Å²) in [6, 6.07) is 5.31. The van der Waals surface area contributed by atoms with Crippen LogP contribution in [0.1, 0.15) is 29.3 Å². The highest BCUT2D eigenvalue weighted by atomic mass is 16.5. The van der Waals surface area contributed by atoms with Crippen molar-refractivity contribution in [2.24, 2.45) is 5.41 Å². The van der Waals surface area contributed by atoms with Crippen LogP contribution < -0.4 is 4.74 Å². The Labute approximate surface area is 106 Å². The molecule has 0 unspecified atom stereocenters. The highest BCUT2D eigenvalue weighted by Gasteiger charge is 2.45. The molecule has 96 valence electrons. The first-order valence-electron chi connectivity index (χ1n) is 5.83. The van der Waals surface area contributed by atoms with Gasteiger partial charge in [-0.1, -0.05) is 0 Å². The predicted octanol–water partition coefficient (Wildman–Crippen LogP) is 2.00. The average molecular weight is 248 g/mol. The van der Waals surface area contributed by atoms with E-state index in [0.717, 1.165) is 11.3 Å². The highest BCUT2D eigenvalue weighted by molar-refractivity contribution is 6.13. The molecule has 0 saturated carbocycles. The number of ether oxygens (including phenoxy) is 2. The number of aryl methyl sites for hydroxylation is 1. The maximum atomic E-state index is 12.4. The second-order valence-corrected chi connectivity index (χ2v) is 4.68. The van der Waals surface area contributed by atoms with Gasteiger partial charge >= 0.3 is 5.97 Å². The van der Waals surface area contributed by atoms with Crippen LogP contribution in [0.5, 0.6) is 5.75 Å². The minimum absolute atomic E-state index is 0.168. The van der Waals surface area contributed by atoms with Gasteiger partial charge in [0.1, 0.15) is 11.2 Å². The molecule has 1 atom stereocenters. The average Bonchev–Trinajstić information content (AvgIpc) is 2.41. The Kier molecular flexibility index (Phi) is 3.11. The number of ketones is 1. The van der Waals surface area contributed by atoms with E-state index < -0.39 is 11.4 Å². The van der Waals surface area contributed by atoms with E-state index in [-0.39, 0.29) is 5.78 Å². The summed E-state index contributed by atoms with van der Waals surface area (Å²) in [7, 11) is 2.90. The third-order valence-corrected chi connectivity index (χ3v) is 3.59. The zero-order valence-corrected chi connectivity index (χ0v) is 10.8. The summed E-state index contributed by atoms with van der Waals surface area (Å²) in [6.45, 7) is 1.65. The summed E-state index contributed by atoms with van der Waals surface area (Å²) >= 11 is 0. The van der Waals surface area contributed by atoms with E-state index in [1.165, 1.54) is 7.11 Å². The fourth-order valence-electron chi connectivity index (χ4n) is 2.34. The van der Waals surface area contributed by atoms with Gasteiger partial charge in [0.05, 0.1) is 14.2 Å². The Hall–Kier alpha value is -1.84. The molecule has 1 aromatic carbocycles.